The molecule has 2 rings (SSSR count). The summed E-state index contributed by atoms with van der Waals surface area (Å²) in [7, 11) is -3.92. The fourth-order valence-electron chi connectivity index (χ4n) is 1.79. The lowest BCUT2D eigenvalue weighted by molar-refractivity contribution is -0.135. The molecule has 3 N–H and O–H groups in total. The first-order valence-electron chi connectivity index (χ1n) is 6.66. The minimum Gasteiger partial charge on any atom is -0.480 e. The number of rotatable bonds is 6. The van der Waals surface area contributed by atoms with Gasteiger partial charge >= 0.3 is 5.97 Å². The zero-order chi connectivity index (χ0) is 17.7. The molecule has 0 saturated carbocycles. The minimum atomic E-state index is -3.92. The first-order valence-corrected chi connectivity index (χ1v) is 8.52. The second-order valence-electron chi connectivity index (χ2n) is 4.71. The number of carbonyl (C=O) groups excluding carboxylic acids is 1. The van der Waals surface area contributed by atoms with Crippen molar-refractivity contribution in [2.45, 2.75) is 4.90 Å². The van der Waals surface area contributed by atoms with E-state index in [1.807, 2.05) is 4.72 Å². The van der Waals surface area contributed by atoms with Crippen LogP contribution in [0.2, 0.25) is 5.02 Å². The van der Waals surface area contributed by atoms with Gasteiger partial charge in [-0.25, -0.2) is 8.42 Å². The maximum Gasteiger partial charge on any atom is 0.318 e. The summed E-state index contributed by atoms with van der Waals surface area (Å²) in [6, 6.07) is 11.7. The van der Waals surface area contributed by atoms with Crippen LogP contribution in [0.3, 0.4) is 0 Å². The molecule has 7 nitrogen and oxygen atoms in total. The number of halogens is 1. The molecule has 0 atom stereocenters. The van der Waals surface area contributed by atoms with Gasteiger partial charge in [0.25, 0.3) is 5.91 Å². The van der Waals surface area contributed by atoms with Crippen molar-refractivity contribution >= 4 is 39.2 Å². The zero-order valence-corrected chi connectivity index (χ0v) is 13.8. The van der Waals surface area contributed by atoms with Crippen molar-refractivity contribution in [1.82, 2.24) is 4.72 Å². The number of aliphatic carboxylic acids is 1. The number of hydrogen-bond acceptors (Lipinski definition) is 4. The van der Waals surface area contributed by atoms with Crippen molar-refractivity contribution in [3.8, 4) is 0 Å². The fraction of sp³-hybridized carbons (Fsp3) is 0.0667. The monoisotopic (exact) mass is 368 g/mol. The molecule has 0 aliphatic rings. The smallest absolute Gasteiger partial charge is 0.318 e. The number of benzene rings is 2. The van der Waals surface area contributed by atoms with E-state index in [9.17, 15) is 18.0 Å². The van der Waals surface area contributed by atoms with Crippen molar-refractivity contribution in [1.29, 1.82) is 0 Å². The highest BCUT2D eigenvalue weighted by Gasteiger charge is 2.15. The molecule has 0 aliphatic heterocycles. The lowest BCUT2D eigenvalue weighted by atomic mass is 10.2. The van der Waals surface area contributed by atoms with E-state index in [-0.39, 0.29) is 4.90 Å². The Balaban J connectivity index is 2.09. The van der Waals surface area contributed by atoms with E-state index in [1.165, 1.54) is 30.3 Å². The summed E-state index contributed by atoms with van der Waals surface area (Å²) in [4.78, 5) is 22.4. The van der Waals surface area contributed by atoms with Crippen LogP contribution in [0.4, 0.5) is 5.69 Å². The third-order valence-corrected chi connectivity index (χ3v) is 4.57. The molecular formula is C15H13ClN2O5S. The van der Waals surface area contributed by atoms with E-state index in [0.29, 0.717) is 16.3 Å². The van der Waals surface area contributed by atoms with Crippen LogP contribution in [0, 0.1) is 0 Å². The summed E-state index contributed by atoms with van der Waals surface area (Å²) >= 11 is 5.82. The summed E-state index contributed by atoms with van der Waals surface area (Å²) in [5.74, 6) is -1.68. The molecule has 1 amide bonds. The molecule has 2 aromatic rings. The average molecular weight is 369 g/mol. The first kappa shape index (κ1) is 17.9. The van der Waals surface area contributed by atoms with E-state index < -0.39 is 28.4 Å². The summed E-state index contributed by atoms with van der Waals surface area (Å²) in [6.07, 6.45) is 0. The number of amides is 1. The van der Waals surface area contributed by atoms with Gasteiger partial charge in [0.05, 0.1) is 4.90 Å². The maximum atomic E-state index is 12.1. The Labute approximate surface area is 143 Å². The molecule has 24 heavy (non-hydrogen) atoms. The number of nitrogens with one attached hydrogen (secondary N) is 2. The molecule has 126 valence electrons. The van der Waals surface area contributed by atoms with E-state index in [1.54, 1.807) is 18.2 Å². The molecule has 0 heterocycles. The van der Waals surface area contributed by atoms with Gasteiger partial charge in [0.15, 0.2) is 0 Å². The molecule has 0 aromatic heterocycles. The normalized spacial score (nSPS) is 11.0. The SMILES string of the molecule is O=C(O)CNS(=O)(=O)c1ccc(NC(=O)c2cccc(Cl)c2)cc1. The lowest BCUT2D eigenvalue weighted by Gasteiger charge is -2.08. The van der Waals surface area contributed by atoms with Crippen molar-refractivity contribution in [3.05, 3.63) is 59.1 Å². The van der Waals surface area contributed by atoms with Gasteiger partial charge in [0, 0.05) is 16.3 Å². The maximum absolute atomic E-state index is 12.1. The number of sulfonamides is 1. The number of carboxylic acid groups (broad SMARTS) is 1. The van der Waals surface area contributed by atoms with E-state index in [0.717, 1.165) is 0 Å². The van der Waals surface area contributed by atoms with Crippen LogP contribution in [0.25, 0.3) is 0 Å². The molecule has 0 fully saturated rings. The summed E-state index contributed by atoms with van der Waals surface area (Å²) in [5, 5.41) is 11.5. The van der Waals surface area contributed by atoms with Crippen LogP contribution in [0.15, 0.2) is 53.4 Å². The number of carbonyl (C=O) groups is 2. The second kappa shape index (κ2) is 7.43. The van der Waals surface area contributed by atoms with E-state index in [2.05, 4.69) is 5.32 Å². The van der Waals surface area contributed by atoms with Crippen LogP contribution in [-0.2, 0) is 14.8 Å². The van der Waals surface area contributed by atoms with Gasteiger partial charge in [-0.2, -0.15) is 4.72 Å². The highest BCUT2D eigenvalue weighted by Crippen LogP contribution is 2.16. The minimum absolute atomic E-state index is 0.107. The number of anilines is 1. The van der Waals surface area contributed by atoms with Crippen molar-refractivity contribution < 1.29 is 23.1 Å². The topological polar surface area (TPSA) is 113 Å². The van der Waals surface area contributed by atoms with Gasteiger partial charge in [-0.3, -0.25) is 9.59 Å². The predicted molar refractivity (Wildman–Crippen MR) is 88.7 cm³/mol. The predicted octanol–water partition coefficient (Wildman–Crippen LogP) is 1.96. The van der Waals surface area contributed by atoms with Gasteiger partial charge in [0.1, 0.15) is 6.54 Å². The summed E-state index contributed by atoms with van der Waals surface area (Å²) in [5.41, 5.74) is 0.750. The molecule has 0 aliphatic carbocycles. The molecule has 0 bridgehead atoms. The standard InChI is InChI=1S/C15H13ClN2O5S/c16-11-3-1-2-10(8-11)15(21)18-12-4-6-13(7-5-12)24(22,23)17-9-14(19)20/h1-8,17H,9H2,(H,18,21)(H,19,20). The van der Waals surface area contributed by atoms with Crippen LogP contribution < -0.4 is 10.0 Å². The molecule has 9 heteroatoms. The first-order chi connectivity index (χ1) is 11.3. The molecule has 2 aromatic carbocycles. The van der Waals surface area contributed by atoms with Gasteiger partial charge in [-0.1, -0.05) is 17.7 Å². The molecule has 0 saturated heterocycles. The highest BCUT2D eigenvalue weighted by molar-refractivity contribution is 7.89. The van der Waals surface area contributed by atoms with Gasteiger partial charge in [-0.05, 0) is 42.5 Å². The van der Waals surface area contributed by atoms with Gasteiger partial charge < -0.3 is 10.4 Å². The molecule has 0 spiro atoms. The largest absolute Gasteiger partial charge is 0.480 e. The third-order valence-electron chi connectivity index (χ3n) is 2.92. The third kappa shape index (κ3) is 4.79. The molecular weight excluding hydrogens is 356 g/mol. The molecule has 0 unspecified atom stereocenters. The lowest BCUT2D eigenvalue weighted by Crippen LogP contribution is -2.29. The van der Waals surface area contributed by atoms with Gasteiger partial charge in [-0.15, -0.1) is 0 Å². The molecule has 0 radical (unpaired) electrons. The summed E-state index contributed by atoms with van der Waals surface area (Å²) in [6.45, 7) is -0.713. The van der Waals surface area contributed by atoms with Crippen LogP contribution in [-0.4, -0.2) is 31.9 Å². The quantitative estimate of drug-likeness (QED) is 0.721. The van der Waals surface area contributed by atoms with Gasteiger partial charge in [0.2, 0.25) is 10.0 Å². The van der Waals surface area contributed by atoms with Crippen molar-refractivity contribution in [2.75, 3.05) is 11.9 Å². The number of hydrogen-bond donors (Lipinski definition) is 3. The fourth-order valence-corrected chi connectivity index (χ4v) is 2.96. The van der Waals surface area contributed by atoms with E-state index in [4.69, 9.17) is 16.7 Å². The van der Waals surface area contributed by atoms with Crippen molar-refractivity contribution in [3.63, 3.8) is 0 Å². The van der Waals surface area contributed by atoms with E-state index >= 15 is 0 Å². The highest BCUT2D eigenvalue weighted by atomic mass is 35.5. The Kier molecular flexibility index (Phi) is 5.55. The Morgan fingerprint density at radius 2 is 1.75 bits per heavy atom. The average Bonchev–Trinajstić information content (AvgIpc) is 2.53. The second-order valence-corrected chi connectivity index (χ2v) is 6.91. The summed E-state index contributed by atoms with van der Waals surface area (Å²) < 4.78 is 25.6. The van der Waals surface area contributed by atoms with Crippen LogP contribution in [0.5, 0.6) is 0 Å². The zero-order valence-electron chi connectivity index (χ0n) is 12.2. The van der Waals surface area contributed by atoms with Crippen LogP contribution in [0.1, 0.15) is 10.4 Å². The van der Waals surface area contributed by atoms with Crippen LogP contribution >= 0.6 is 11.6 Å². The Morgan fingerprint density at radius 1 is 1.08 bits per heavy atom. The Morgan fingerprint density at radius 3 is 2.33 bits per heavy atom. The number of carboxylic acids is 1. The Hall–Kier alpha value is -2.42. The Bertz CT molecular complexity index is 866. The van der Waals surface area contributed by atoms with Crippen molar-refractivity contribution in [2.24, 2.45) is 0 Å².